The number of aliphatic hydroxyl groups is 3. The van der Waals surface area contributed by atoms with E-state index in [-0.39, 0.29) is 50.0 Å². The summed E-state index contributed by atoms with van der Waals surface area (Å²) in [7, 11) is 0. The van der Waals surface area contributed by atoms with Gasteiger partial charge in [0.1, 0.15) is 12.4 Å². The van der Waals surface area contributed by atoms with Crippen LogP contribution in [0.5, 0.6) is 5.75 Å². The Morgan fingerprint density at radius 3 is 2.22 bits per heavy atom. The van der Waals surface area contributed by atoms with E-state index in [1.807, 2.05) is 114 Å². The standard InChI is InChI=1S/C41H46N2O6/c44-19-20-49-36-17-15-30(16-18-36)23-34-24-33(22-29-11-5-2-6-12-29)41(48)43(34)27-35(45)25-32(21-28-9-3-1-4-10-28)40(47)42-39-37-14-8-7-13-31(37)26-38(39)46/h1-18,32-35,38-39,44-46H,19-27H2,(H,42,47)/t32-,33-,34-,35-,38+,39-/m0/s1. The van der Waals surface area contributed by atoms with Crippen molar-refractivity contribution in [1.29, 1.82) is 0 Å². The van der Waals surface area contributed by atoms with Gasteiger partial charge in [-0.1, -0.05) is 97.1 Å². The van der Waals surface area contributed by atoms with Gasteiger partial charge in [0, 0.05) is 30.8 Å². The van der Waals surface area contributed by atoms with Crippen LogP contribution in [0.3, 0.4) is 0 Å². The molecule has 8 nitrogen and oxygen atoms in total. The lowest BCUT2D eigenvalue weighted by molar-refractivity contribution is -0.133. The Bertz CT molecular complexity index is 1660. The Labute approximate surface area is 288 Å². The summed E-state index contributed by atoms with van der Waals surface area (Å²) in [5.74, 6) is -0.311. The molecule has 49 heavy (non-hydrogen) atoms. The molecule has 256 valence electrons. The summed E-state index contributed by atoms with van der Waals surface area (Å²) in [4.78, 5) is 29.7. The maximum absolute atomic E-state index is 14.0. The highest BCUT2D eigenvalue weighted by molar-refractivity contribution is 5.82. The number of rotatable bonds is 15. The molecule has 2 amide bonds. The maximum Gasteiger partial charge on any atom is 0.226 e. The van der Waals surface area contributed by atoms with Crippen LogP contribution < -0.4 is 10.1 Å². The first-order valence-corrected chi connectivity index (χ1v) is 17.3. The van der Waals surface area contributed by atoms with Gasteiger partial charge in [-0.3, -0.25) is 9.59 Å². The Morgan fingerprint density at radius 1 is 0.857 bits per heavy atom. The summed E-state index contributed by atoms with van der Waals surface area (Å²) in [6, 6.07) is 34.6. The molecule has 6 rings (SSSR count). The summed E-state index contributed by atoms with van der Waals surface area (Å²) in [5, 5.41) is 34.6. The number of benzene rings is 4. The fourth-order valence-electron chi connectivity index (χ4n) is 7.46. The lowest BCUT2D eigenvalue weighted by atomic mass is 9.91. The molecule has 4 aromatic rings. The van der Waals surface area contributed by atoms with Crippen molar-refractivity contribution in [1.82, 2.24) is 10.2 Å². The second-order valence-electron chi connectivity index (χ2n) is 13.4. The monoisotopic (exact) mass is 662 g/mol. The van der Waals surface area contributed by atoms with Gasteiger partial charge in [-0.15, -0.1) is 0 Å². The van der Waals surface area contributed by atoms with Crippen molar-refractivity contribution >= 4 is 11.8 Å². The molecule has 0 radical (unpaired) electrons. The molecule has 1 saturated heterocycles. The lowest BCUT2D eigenvalue weighted by Crippen LogP contribution is -2.43. The molecule has 1 aliphatic heterocycles. The van der Waals surface area contributed by atoms with E-state index in [9.17, 15) is 19.8 Å². The molecule has 6 atom stereocenters. The molecule has 0 spiro atoms. The third-order valence-electron chi connectivity index (χ3n) is 9.87. The van der Waals surface area contributed by atoms with E-state index in [2.05, 4.69) is 5.32 Å². The summed E-state index contributed by atoms with van der Waals surface area (Å²) >= 11 is 0. The number of hydrogen-bond acceptors (Lipinski definition) is 6. The zero-order valence-electron chi connectivity index (χ0n) is 27.7. The van der Waals surface area contributed by atoms with Gasteiger partial charge in [-0.05, 0) is 72.1 Å². The van der Waals surface area contributed by atoms with E-state index >= 15 is 0 Å². The van der Waals surface area contributed by atoms with Gasteiger partial charge in [-0.25, -0.2) is 0 Å². The van der Waals surface area contributed by atoms with Crippen LogP contribution in [0.4, 0.5) is 0 Å². The van der Waals surface area contributed by atoms with Crippen molar-refractivity contribution in [3.8, 4) is 5.75 Å². The molecular weight excluding hydrogens is 616 g/mol. The van der Waals surface area contributed by atoms with Crippen LogP contribution >= 0.6 is 0 Å². The SMILES string of the molecule is O=C(N[C@H]1c2ccccc2C[C@H]1O)[C@@H](Cc1ccccc1)C[C@H](O)CN1C(=O)[C@@H](Cc2ccccc2)C[C@@H]1Cc1ccc(OCCO)cc1. The molecule has 4 aromatic carbocycles. The number of ether oxygens (including phenoxy) is 1. The van der Waals surface area contributed by atoms with Gasteiger partial charge in [-0.2, -0.15) is 0 Å². The number of fused-ring (bicyclic) bond motifs is 1. The fraction of sp³-hybridized carbons (Fsp3) is 0.366. The second kappa shape index (κ2) is 16.3. The Balaban J connectivity index is 1.18. The first kappa shape index (κ1) is 34.4. The Morgan fingerprint density at radius 2 is 1.51 bits per heavy atom. The average Bonchev–Trinajstić information content (AvgIpc) is 3.58. The van der Waals surface area contributed by atoms with Crippen LogP contribution in [-0.4, -0.2) is 70.0 Å². The Hall–Kier alpha value is -4.50. The third-order valence-corrected chi connectivity index (χ3v) is 9.87. The van der Waals surface area contributed by atoms with E-state index in [0.717, 1.165) is 27.8 Å². The highest BCUT2D eigenvalue weighted by Crippen LogP contribution is 2.33. The van der Waals surface area contributed by atoms with Gasteiger partial charge in [0.05, 0.1) is 24.9 Å². The minimum Gasteiger partial charge on any atom is -0.491 e. The Kier molecular flexibility index (Phi) is 11.4. The van der Waals surface area contributed by atoms with Gasteiger partial charge in [0.15, 0.2) is 0 Å². The van der Waals surface area contributed by atoms with Crippen LogP contribution in [0.15, 0.2) is 109 Å². The predicted octanol–water partition coefficient (Wildman–Crippen LogP) is 4.44. The van der Waals surface area contributed by atoms with E-state index in [4.69, 9.17) is 9.84 Å². The van der Waals surface area contributed by atoms with Crippen molar-refractivity contribution in [3.63, 3.8) is 0 Å². The first-order valence-electron chi connectivity index (χ1n) is 17.3. The molecule has 4 N–H and O–H groups in total. The van der Waals surface area contributed by atoms with E-state index in [1.165, 1.54) is 0 Å². The normalized spacial score (nSPS) is 21.3. The van der Waals surface area contributed by atoms with Gasteiger partial charge < -0.3 is 30.3 Å². The number of carbonyl (C=O) groups is 2. The van der Waals surface area contributed by atoms with Crippen LogP contribution in [-0.2, 0) is 35.3 Å². The zero-order valence-corrected chi connectivity index (χ0v) is 27.7. The third kappa shape index (κ3) is 8.76. The molecule has 0 saturated carbocycles. The summed E-state index contributed by atoms with van der Waals surface area (Å²) in [5.41, 5.74) is 5.07. The highest BCUT2D eigenvalue weighted by Gasteiger charge is 2.41. The maximum atomic E-state index is 14.0. The molecule has 1 aliphatic carbocycles. The zero-order chi connectivity index (χ0) is 34.2. The topological polar surface area (TPSA) is 119 Å². The second-order valence-corrected chi connectivity index (χ2v) is 13.4. The first-order chi connectivity index (χ1) is 23.9. The molecule has 0 aromatic heterocycles. The molecule has 1 heterocycles. The van der Waals surface area contributed by atoms with Gasteiger partial charge >= 0.3 is 0 Å². The highest BCUT2D eigenvalue weighted by atomic mass is 16.5. The number of nitrogens with one attached hydrogen (secondary N) is 1. The van der Waals surface area contributed by atoms with Crippen molar-refractivity contribution in [3.05, 3.63) is 137 Å². The summed E-state index contributed by atoms with van der Waals surface area (Å²) < 4.78 is 5.52. The van der Waals surface area contributed by atoms with E-state index in [1.54, 1.807) is 0 Å². The van der Waals surface area contributed by atoms with Gasteiger partial charge in [0.2, 0.25) is 11.8 Å². The lowest BCUT2D eigenvalue weighted by Gasteiger charge is -2.29. The number of carbonyl (C=O) groups excluding carboxylic acids is 2. The van der Waals surface area contributed by atoms with Crippen molar-refractivity contribution in [2.45, 2.75) is 62.8 Å². The van der Waals surface area contributed by atoms with Crippen molar-refractivity contribution < 1.29 is 29.6 Å². The fourth-order valence-corrected chi connectivity index (χ4v) is 7.46. The minimum atomic E-state index is -0.934. The minimum absolute atomic E-state index is 0.0190. The number of β-amino-alcohol motifs (C(OH)–C–C–N with tert-alkyl or cyclic N) is 1. The van der Waals surface area contributed by atoms with Crippen LogP contribution in [0.1, 0.15) is 46.7 Å². The van der Waals surface area contributed by atoms with E-state index < -0.39 is 24.2 Å². The number of likely N-dealkylation sites (tertiary alicyclic amines) is 1. The van der Waals surface area contributed by atoms with Crippen LogP contribution in [0.25, 0.3) is 0 Å². The molecule has 2 aliphatic rings. The number of amides is 2. The molecule has 0 bridgehead atoms. The van der Waals surface area contributed by atoms with Crippen molar-refractivity contribution in [2.75, 3.05) is 19.8 Å². The van der Waals surface area contributed by atoms with Gasteiger partial charge in [0.25, 0.3) is 0 Å². The van der Waals surface area contributed by atoms with Crippen LogP contribution in [0.2, 0.25) is 0 Å². The van der Waals surface area contributed by atoms with E-state index in [0.29, 0.717) is 37.9 Å². The number of aliphatic hydroxyl groups excluding tert-OH is 3. The smallest absolute Gasteiger partial charge is 0.226 e. The average molecular weight is 663 g/mol. The number of nitrogens with zero attached hydrogens (tertiary/aromatic N) is 1. The molecule has 8 heteroatoms. The molecule has 0 unspecified atom stereocenters. The largest absolute Gasteiger partial charge is 0.491 e. The quantitative estimate of drug-likeness (QED) is 0.150. The summed E-state index contributed by atoms with van der Waals surface area (Å²) in [6.45, 7) is 0.289. The predicted molar refractivity (Wildman–Crippen MR) is 188 cm³/mol. The van der Waals surface area contributed by atoms with Crippen molar-refractivity contribution in [2.24, 2.45) is 11.8 Å². The number of hydrogen-bond donors (Lipinski definition) is 4. The molecule has 1 fully saturated rings. The summed E-state index contributed by atoms with van der Waals surface area (Å²) in [6.07, 6.45) is 1.33. The van der Waals surface area contributed by atoms with Crippen LogP contribution in [0, 0.1) is 11.8 Å². The molecular formula is C41H46N2O6.